The van der Waals surface area contributed by atoms with Crippen molar-refractivity contribution in [2.24, 2.45) is 0 Å². The third-order valence-electron chi connectivity index (χ3n) is 8.23. The van der Waals surface area contributed by atoms with Crippen LogP contribution in [-0.2, 0) is 5.41 Å². The predicted octanol–water partition coefficient (Wildman–Crippen LogP) is 9.45. The Labute approximate surface area is 257 Å². The molecule has 10 heteroatoms. The fraction of sp³-hybridized carbons (Fsp3) is 0.257. The molecule has 0 aliphatic heterocycles. The van der Waals surface area contributed by atoms with Gasteiger partial charge in [0.2, 0.25) is 5.41 Å². The Hall–Kier alpha value is -4.60. The fourth-order valence-corrected chi connectivity index (χ4v) is 5.12. The highest BCUT2D eigenvalue weighted by Crippen LogP contribution is 2.57. The van der Waals surface area contributed by atoms with E-state index >= 15 is 26.3 Å². The number of aryl methyl sites for hydroxylation is 6. The number of hydrogen-bond acceptors (Lipinski definition) is 2. The molecular weight excluding hydrogens is 594 g/mol. The lowest BCUT2D eigenvalue weighted by atomic mass is 9.72. The molecule has 236 valence electrons. The lowest BCUT2D eigenvalue weighted by molar-refractivity contribution is -0.288. The van der Waals surface area contributed by atoms with Gasteiger partial charge in [0.15, 0.2) is 0 Å². The summed E-state index contributed by atoms with van der Waals surface area (Å²) in [7, 11) is 0. The molecule has 4 aromatic carbocycles. The summed E-state index contributed by atoms with van der Waals surface area (Å²) < 4.78 is 90.2. The SMILES string of the molecule is Cc1ccc(C(=O)Nc2cc(C(c3ccc(C)c(NC(=O)c4ccc(C)c(C)c4)c3)(C(F)(F)F)C(F)(F)F)ccc2C)cc1C. The molecule has 2 amide bonds. The summed E-state index contributed by atoms with van der Waals surface area (Å²) in [6.07, 6.45) is -11.7. The van der Waals surface area contributed by atoms with E-state index in [-0.39, 0.29) is 33.6 Å². The maximum atomic E-state index is 15.0. The molecule has 0 aliphatic carbocycles. The van der Waals surface area contributed by atoms with Gasteiger partial charge >= 0.3 is 12.4 Å². The average molecular weight is 627 g/mol. The molecule has 0 bridgehead atoms. The zero-order chi connectivity index (χ0) is 33.5. The van der Waals surface area contributed by atoms with Gasteiger partial charge in [-0.15, -0.1) is 0 Å². The van der Waals surface area contributed by atoms with E-state index in [0.29, 0.717) is 12.1 Å². The van der Waals surface area contributed by atoms with Gasteiger partial charge in [0.25, 0.3) is 11.8 Å². The Kier molecular flexibility index (Phi) is 8.93. The molecule has 0 aliphatic rings. The zero-order valence-electron chi connectivity index (χ0n) is 25.5. The Morgan fingerprint density at radius 3 is 1.11 bits per heavy atom. The lowest BCUT2D eigenvalue weighted by Crippen LogP contribution is -2.54. The highest BCUT2D eigenvalue weighted by molar-refractivity contribution is 6.05. The third kappa shape index (κ3) is 6.32. The quantitative estimate of drug-likeness (QED) is 0.210. The molecule has 0 radical (unpaired) electrons. The molecule has 2 N–H and O–H groups in total. The second-order valence-electron chi connectivity index (χ2n) is 11.3. The summed E-state index contributed by atoms with van der Waals surface area (Å²) in [6, 6.07) is 14.7. The van der Waals surface area contributed by atoms with Gasteiger partial charge in [-0.25, -0.2) is 0 Å². The highest BCUT2D eigenvalue weighted by atomic mass is 19.4. The average Bonchev–Trinajstić information content (AvgIpc) is 2.93. The van der Waals surface area contributed by atoms with Crippen LogP contribution in [0, 0.1) is 41.5 Å². The molecular formula is C35H32F6N2O2. The number of hydrogen-bond donors (Lipinski definition) is 2. The van der Waals surface area contributed by atoms with Crippen molar-refractivity contribution in [3.63, 3.8) is 0 Å². The van der Waals surface area contributed by atoms with E-state index in [1.54, 1.807) is 38.1 Å². The van der Waals surface area contributed by atoms with Gasteiger partial charge in [-0.05, 0) is 122 Å². The van der Waals surface area contributed by atoms with Crippen LogP contribution in [0.1, 0.15) is 65.2 Å². The van der Waals surface area contributed by atoms with Crippen LogP contribution in [0.15, 0.2) is 72.8 Å². The summed E-state index contributed by atoms with van der Waals surface area (Å²) in [4.78, 5) is 26.0. The van der Waals surface area contributed by atoms with Crippen molar-refractivity contribution in [2.45, 2.75) is 59.3 Å². The van der Waals surface area contributed by atoms with Crippen molar-refractivity contribution < 1.29 is 35.9 Å². The molecule has 45 heavy (non-hydrogen) atoms. The highest BCUT2D eigenvalue weighted by Gasteiger charge is 2.72. The zero-order valence-corrected chi connectivity index (χ0v) is 25.5. The van der Waals surface area contributed by atoms with Crippen molar-refractivity contribution in [3.05, 3.63) is 128 Å². The summed E-state index contributed by atoms with van der Waals surface area (Å²) in [5.74, 6) is -1.37. The first-order valence-electron chi connectivity index (χ1n) is 14.0. The van der Waals surface area contributed by atoms with Crippen molar-refractivity contribution in [2.75, 3.05) is 10.6 Å². The van der Waals surface area contributed by atoms with Gasteiger partial charge in [-0.2, -0.15) is 26.3 Å². The number of nitrogens with one attached hydrogen (secondary N) is 2. The molecule has 0 saturated carbocycles. The number of carbonyl (C=O) groups excluding carboxylic acids is 2. The molecule has 0 heterocycles. The van der Waals surface area contributed by atoms with Gasteiger partial charge in [-0.3, -0.25) is 9.59 Å². The molecule has 4 aromatic rings. The summed E-state index contributed by atoms with van der Waals surface area (Å²) >= 11 is 0. The molecule has 0 aromatic heterocycles. The molecule has 0 atom stereocenters. The minimum absolute atomic E-state index is 0.198. The number of anilines is 2. The Balaban J connectivity index is 1.85. The van der Waals surface area contributed by atoms with E-state index in [4.69, 9.17) is 0 Å². The van der Waals surface area contributed by atoms with Gasteiger partial charge in [0.05, 0.1) is 0 Å². The summed E-state index contributed by atoms with van der Waals surface area (Å²) in [5.41, 5.74) is -2.86. The van der Waals surface area contributed by atoms with Crippen molar-refractivity contribution in [3.8, 4) is 0 Å². The summed E-state index contributed by atoms with van der Waals surface area (Å²) in [6.45, 7) is 10.2. The number of rotatable bonds is 6. The minimum atomic E-state index is -5.87. The predicted molar refractivity (Wildman–Crippen MR) is 163 cm³/mol. The number of benzene rings is 4. The van der Waals surface area contributed by atoms with Crippen LogP contribution in [0.2, 0.25) is 0 Å². The van der Waals surface area contributed by atoms with Gasteiger partial charge in [-0.1, -0.05) is 36.4 Å². The van der Waals surface area contributed by atoms with Gasteiger partial charge in [0, 0.05) is 22.5 Å². The van der Waals surface area contributed by atoms with Crippen LogP contribution in [0.5, 0.6) is 0 Å². The normalized spacial score (nSPS) is 12.2. The van der Waals surface area contributed by atoms with E-state index in [1.165, 1.54) is 26.0 Å². The first-order valence-corrected chi connectivity index (χ1v) is 14.0. The standard InChI is InChI=1S/C35H32F6N2O2/c1-19-7-11-25(15-23(19)5)31(44)42-29-17-27(13-9-21(29)3)33(34(36,37)38,35(39,40)41)28-14-10-22(4)30(18-28)43-32(45)26-12-8-20(2)24(6)16-26/h7-18H,1-6H3,(H,42,44)(H,43,45). The van der Waals surface area contributed by atoms with Crippen LogP contribution < -0.4 is 10.6 Å². The van der Waals surface area contributed by atoms with E-state index in [9.17, 15) is 9.59 Å². The van der Waals surface area contributed by atoms with E-state index in [2.05, 4.69) is 10.6 Å². The van der Waals surface area contributed by atoms with Crippen molar-refractivity contribution in [1.29, 1.82) is 0 Å². The topological polar surface area (TPSA) is 58.2 Å². The van der Waals surface area contributed by atoms with Crippen molar-refractivity contribution >= 4 is 23.2 Å². The van der Waals surface area contributed by atoms with Crippen LogP contribution in [0.3, 0.4) is 0 Å². The number of carbonyl (C=O) groups is 2. The maximum Gasteiger partial charge on any atom is 0.411 e. The number of alkyl halides is 6. The molecule has 4 rings (SSSR count). The van der Waals surface area contributed by atoms with Crippen molar-refractivity contribution in [1.82, 2.24) is 0 Å². The minimum Gasteiger partial charge on any atom is -0.322 e. The van der Waals surface area contributed by atoms with Crippen LogP contribution in [0.25, 0.3) is 0 Å². The van der Waals surface area contributed by atoms with E-state index in [0.717, 1.165) is 46.5 Å². The fourth-order valence-electron chi connectivity index (χ4n) is 5.12. The van der Waals surface area contributed by atoms with Gasteiger partial charge < -0.3 is 10.6 Å². The van der Waals surface area contributed by atoms with Crippen LogP contribution in [0.4, 0.5) is 37.7 Å². The van der Waals surface area contributed by atoms with Gasteiger partial charge in [0.1, 0.15) is 0 Å². The third-order valence-corrected chi connectivity index (χ3v) is 8.23. The maximum absolute atomic E-state index is 15.0. The monoisotopic (exact) mass is 626 g/mol. The van der Waals surface area contributed by atoms with Crippen LogP contribution in [-0.4, -0.2) is 24.2 Å². The van der Waals surface area contributed by atoms with Crippen LogP contribution >= 0.6 is 0 Å². The molecule has 0 saturated heterocycles. The lowest BCUT2D eigenvalue weighted by Gasteiger charge is -2.39. The molecule has 4 nitrogen and oxygen atoms in total. The first-order chi connectivity index (χ1) is 20.9. The van der Waals surface area contributed by atoms with E-state index in [1.807, 2.05) is 13.8 Å². The van der Waals surface area contributed by atoms with E-state index < -0.39 is 40.7 Å². The Morgan fingerprint density at radius 1 is 0.467 bits per heavy atom. The second kappa shape index (κ2) is 12.1. The molecule has 0 unspecified atom stereocenters. The molecule has 0 fully saturated rings. The number of amides is 2. The first kappa shape index (κ1) is 33.3. The smallest absolute Gasteiger partial charge is 0.322 e. The number of halogens is 6. The summed E-state index contributed by atoms with van der Waals surface area (Å²) in [5, 5.41) is 4.97. The largest absolute Gasteiger partial charge is 0.411 e. The Bertz CT molecular complexity index is 1660. The Morgan fingerprint density at radius 2 is 0.800 bits per heavy atom. The second-order valence-corrected chi connectivity index (χ2v) is 11.3. The molecule has 0 spiro atoms.